The van der Waals surface area contributed by atoms with Crippen molar-refractivity contribution in [2.24, 2.45) is 0 Å². The summed E-state index contributed by atoms with van der Waals surface area (Å²) in [6.07, 6.45) is -0.581. The van der Waals surface area contributed by atoms with Crippen LogP contribution in [0, 0.1) is 6.92 Å². The molecule has 102 valence electrons. The monoisotopic (exact) mass is 271 g/mol. The normalized spacial score (nSPS) is 12.8. The van der Waals surface area contributed by atoms with Gasteiger partial charge in [0.25, 0.3) is 5.56 Å². The van der Waals surface area contributed by atoms with Gasteiger partial charge >= 0.3 is 0 Å². The molecule has 1 unspecified atom stereocenters. The summed E-state index contributed by atoms with van der Waals surface area (Å²) in [4.78, 5) is 18.6. The quantitative estimate of drug-likeness (QED) is 0.720. The average Bonchev–Trinajstić information content (AvgIpc) is 2.82. The van der Waals surface area contributed by atoms with E-state index in [-0.39, 0.29) is 11.1 Å². The second-order valence-corrected chi connectivity index (χ2v) is 4.60. The number of nitrogens with one attached hydrogen (secondary N) is 1. The van der Waals surface area contributed by atoms with Gasteiger partial charge in [0.05, 0.1) is 11.8 Å². The standard InChI is InChI=1S/C13H13N5O2/c1-7(19)9-4-3-5-10(6-9)18-12-11(16-17-18)13(20)15-8(2)14-12/h3-7,19H,1-2H3,(H,14,15,20). The zero-order chi connectivity index (χ0) is 14.3. The van der Waals surface area contributed by atoms with Crippen LogP contribution in [0.1, 0.15) is 24.4 Å². The van der Waals surface area contributed by atoms with E-state index < -0.39 is 6.10 Å². The van der Waals surface area contributed by atoms with Crippen LogP contribution in [0.4, 0.5) is 0 Å². The Morgan fingerprint density at radius 2 is 2.20 bits per heavy atom. The van der Waals surface area contributed by atoms with E-state index in [0.717, 1.165) is 5.56 Å². The molecule has 0 aliphatic heterocycles. The van der Waals surface area contributed by atoms with E-state index in [0.29, 0.717) is 17.2 Å². The Hall–Kier alpha value is -2.54. The van der Waals surface area contributed by atoms with Gasteiger partial charge in [0.15, 0.2) is 11.2 Å². The molecule has 3 rings (SSSR count). The van der Waals surface area contributed by atoms with Gasteiger partial charge in [0.1, 0.15) is 5.82 Å². The molecule has 0 saturated heterocycles. The molecule has 0 radical (unpaired) electrons. The Bertz CT molecular complexity index is 834. The fourth-order valence-electron chi connectivity index (χ4n) is 2.02. The van der Waals surface area contributed by atoms with Crippen molar-refractivity contribution in [2.45, 2.75) is 20.0 Å². The highest BCUT2D eigenvalue weighted by molar-refractivity contribution is 5.70. The molecule has 3 aromatic rings. The van der Waals surface area contributed by atoms with Gasteiger partial charge in [-0.05, 0) is 31.5 Å². The second kappa shape index (κ2) is 4.53. The molecule has 2 heterocycles. The zero-order valence-corrected chi connectivity index (χ0v) is 11.0. The van der Waals surface area contributed by atoms with Crippen LogP contribution in [-0.2, 0) is 0 Å². The van der Waals surface area contributed by atoms with Crippen molar-refractivity contribution in [3.63, 3.8) is 0 Å². The van der Waals surface area contributed by atoms with Crippen LogP contribution in [0.25, 0.3) is 16.9 Å². The number of fused-ring (bicyclic) bond motifs is 1. The van der Waals surface area contributed by atoms with Gasteiger partial charge in [-0.25, -0.2) is 4.98 Å². The summed E-state index contributed by atoms with van der Waals surface area (Å²) in [5.74, 6) is 0.498. The molecule has 0 spiro atoms. The van der Waals surface area contributed by atoms with Gasteiger partial charge in [0.2, 0.25) is 0 Å². The molecule has 7 nitrogen and oxygen atoms in total. The highest BCUT2D eigenvalue weighted by Gasteiger charge is 2.12. The third kappa shape index (κ3) is 1.97. The molecule has 0 amide bonds. The van der Waals surface area contributed by atoms with Crippen molar-refractivity contribution in [1.29, 1.82) is 0 Å². The maximum absolute atomic E-state index is 11.8. The predicted molar refractivity (Wildman–Crippen MR) is 72.7 cm³/mol. The van der Waals surface area contributed by atoms with E-state index in [1.165, 1.54) is 4.68 Å². The van der Waals surface area contributed by atoms with E-state index in [4.69, 9.17) is 0 Å². The molecule has 1 aromatic carbocycles. The van der Waals surface area contributed by atoms with E-state index >= 15 is 0 Å². The summed E-state index contributed by atoms with van der Waals surface area (Å²) in [5.41, 5.74) is 1.73. The van der Waals surface area contributed by atoms with Crippen molar-refractivity contribution in [3.8, 4) is 5.69 Å². The van der Waals surface area contributed by atoms with Gasteiger partial charge in [-0.1, -0.05) is 17.3 Å². The summed E-state index contributed by atoms with van der Waals surface area (Å²) in [6.45, 7) is 3.38. The Morgan fingerprint density at radius 1 is 1.40 bits per heavy atom. The first kappa shape index (κ1) is 12.5. The fourth-order valence-corrected chi connectivity index (χ4v) is 2.02. The van der Waals surface area contributed by atoms with Gasteiger partial charge in [-0.2, -0.15) is 4.68 Å². The maximum atomic E-state index is 11.8. The molecule has 20 heavy (non-hydrogen) atoms. The van der Waals surface area contributed by atoms with E-state index in [1.807, 2.05) is 18.2 Å². The number of rotatable bonds is 2. The third-order valence-electron chi connectivity index (χ3n) is 3.03. The van der Waals surface area contributed by atoms with Crippen molar-refractivity contribution in [2.75, 3.05) is 0 Å². The van der Waals surface area contributed by atoms with Gasteiger partial charge in [0, 0.05) is 0 Å². The largest absolute Gasteiger partial charge is 0.389 e. The number of aliphatic hydroxyl groups is 1. The maximum Gasteiger partial charge on any atom is 0.281 e. The lowest BCUT2D eigenvalue weighted by Crippen LogP contribution is -2.10. The second-order valence-electron chi connectivity index (χ2n) is 4.60. The number of aromatic amines is 1. The minimum atomic E-state index is -0.581. The number of aliphatic hydroxyl groups excluding tert-OH is 1. The zero-order valence-electron chi connectivity index (χ0n) is 11.0. The molecule has 2 aromatic heterocycles. The molecule has 0 aliphatic rings. The smallest absolute Gasteiger partial charge is 0.281 e. The van der Waals surface area contributed by atoms with Crippen LogP contribution < -0.4 is 5.56 Å². The summed E-state index contributed by atoms with van der Waals surface area (Å²) in [6, 6.07) is 7.24. The molecule has 2 N–H and O–H groups in total. The lowest BCUT2D eigenvalue weighted by Gasteiger charge is -2.07. The van der Waals surface area contributed by atoms with Gasteiger partial charge in [-0.3, -0.25) is 4.79 Å². The minimum absolute atomic E-state index is 0.193. The lowest BCUT2D eigenvalue weighted by atomic mass is 10.1. The highest BCUT2D eigenvalue weighted by Crippen LogP contribution is 2.18. The molecule has 7 heteroatoms. The SMILES string of the molecule is Cc1nc2c(nnn2-c2cccc(C(C)O)c2)c(=O)[nH]1. The average molecular weight is 271 g/mol. The van der Waals surface area contributed by atoms with Crippen LogP contribution in [0.15, 0.2) is 29.1 Å². The third-order valence-corrected chi connectivity index (χ3v) is 3.03. The summed E-state index contributed by atoms with van der Waals surface area (Å²) >= 11 is 0. The van der Waals surface area contributed by atoms with Crippen LogP contribution >= 0.6 is 0 Å². The number of benzene rings is 1. The number of aryl methyl sites for hydroxylation is 1. The van der Waals surface area contributed by atoms with Crippen LogP contribution in [0.5, 0.6) is 0 Å². The van der Waals surface area contributed by atoms with Crippen molar-refractivity contribution < 1.29 is 5.11 Å². The molecular weight excluding hydrogens is 258 g/mol. The summed E-state index contributed by atoms with van der Waals surface area (Å²) in [5, 5.41) is 17.5. The summed E-state index contributed by atoms with van der Waals surface area (Å²) in [7, 11) is 0. The van der Waals surface area contributed by atoms with Gasteiger partial charge < -0.3 is 10.1 Å². The molecular formula is C13H13N5O2. The van der Waals surface area contributed by atoms with Crippen molar-refractivity contribution >= 4 is 11.2 Å². The summed E-state index contributed by atoms with van der Waals surface area (Å²) < 4.78 is 1.49. The molecule has 0 bridgehead atoms. The first-order valence-electron chi connectivity index (χ1n) is 6.17. The van der Waals surface area contributed by atoms with E-state index in [9.17, 15) is 9.90 Å². The van der Waals surface area contributed by atoms with Crippen LogP contribution in [-0.4, -0.2) is 30.1 Å². The van der Waals surface area contributed by atoms with Crippen molar-refractivity contribution in [1.82, 2.24) is 25.0 Å². The molecule has 0 aliphatic carbocycles. The predicted octanol–water partition coefficient (Wildman–Crippen LogP) is 0.866. The Morgan fingerprint density at radius 3 is 2.95 bits per heavy atom. The highest BCUT2D eigenvalue weighted by atomic mass is 16.3. The Balaban J connectivity index is 2.25. The first-order chi connectivity index (χ1) is 9.56. The van der Waals surface area contributed by atoms with Crippen LogP contribution in [0.3, 0.4) is 0 Å². The van der Waals surface area contributed by atoms with Crippen molar-refractivity contribution in [3.05, 3.63) is 46.0 Å². The topological polar surface area (TPSA) is 96.7 Å². The van der Waals surface area contributed by atoms with E-state index in [2.05, 4.69) is 20.3 Å². The molecule has 1 atom stereocenters. The number of aromatic nitrogens is 5. The Kier molecular flexibility index (Phi) is 2.83. The number of hydrogen-bond acceptors (Lipinski definition) is 5. The number of hydrogen-bond donors (Lipinski definition) is 2. The molecule has 0 fully saturated rings. The van der Waals surface area contributed by atoms with Crippen LogP contribution in [0.2, 0.25) is 0 Å². The Labute approximate surface area is 113 Å². The lowest BCUT2D eigenvalue weighted by molar-refractivity contribution is 0.199. The number of H-pyrrole nitrogens is 1. The van der Waals surface area contributed by atoms with E-state index in [1.54, 1.807) is 19.9 Å². The number of nitrogens with zero attached hydrogens (tertiary/aromatic N) is 4. The fraction of sp³-hybridized carbons (Fsp3) is 0.231. The first-order valence-corrected chi connectivity index (χ1v) is 6.17. The van der Waals surface area contributed by atoms with Gasteiger partial charge in [-0.15, -0.1) is 5.10 Å². The molecule has 0 saturated carbocycles. The minimum Gasteiger partial charge on any atom is -0.389 e.